The Morgan fingerprint density at radius 3 is 0.280 bits per heavy atom. The molecular formula is C7H34O13Si5. The fourth-order valence-corrected chi connectivity index (χ4v) is 0. The summed E-state index contributed by atoms with van der Waals surface area (Å²) in [5, 5.41) is 0. The normalized spacial score (nSPS) is 12.0. The maximum atomic E-state index is 8.22. The molecule has 0 saturated heterocycles. The Morgan fingerprint density at radius 1 is 0.280 bits per heavy atom. The van der Waals surface area contributed by atoms with E-state index in [9.17, 15) is 0 Å². The number of hydrogen-bond donors (Lipinski definition) is 13. The van der Waals surface area contributed by atoms with Crippen molar-refractivity contribution in [1.29, 1.82) is 0 Å². The van der Waals surface area contributed by atoms with Crippen molar-refractivity contribution < 1.29 is 62.3 Å². The first-order chi connectivity index (χ1) is 10.0. The largest absolute Gasteiger partial charge is 0.489 e. The molecule has 0 bridgehead atoms. The van der Waals surface area contributed by atoms with E-state index >= 15 is 0 Å². The van der Waals surface area contributed by atoms with Crippen molar-refractivity contribution in [1.82, 2.24) is 0 Å². The van der Waals surface area contributed by atoms with Gasteiger partial charge in [-0.3, -0.25) is 0 Å². The molecule has 0 saturated carbocycles. The van der Waals surface area contributed by atoms with Crippen LogP contribution in [-0.2, 0) is 0 Å². The highest BCUT2D eigenvalue weighted by atomic mass is 28.4. The van der Waals surface area contributed by atoms with Crippen molar-refractivity contribution in [3.8, 4) is 0 Å². The quantitative estimate of drug-likeness (QED) is 0.149. The summed E-state index contributed by atoms with van der Waals surface area (Å²) in [6, 6.07) is 0. The van der Waals surface area contributed by atoms with E-state index in [1.54, 1.807) is 0 Å². The topological polar surface area (TPSA) is 263 Å². The van der Waals surface area contributed by atoms with Gasteiger partial charge in [0.15, 0.2) is 0 Å². The summed E-state index contributed by atoms with van der Waals surface area (Å²) in [5.74, 6) is 0. The highest BCUT2D eigenvalue weighted by Crippen LogP contribution is 1.83. The summed E-state index contributed by atoms with van der Waals surface area (Å²) in [6.45, 7) is 8.73. The summed E-state index contributed by atoms with van der Waals surface area (Å²) in [7, 11) is -16.1. The summed E-state index contributed by atoms with van der Waals surface area (Å²) in [4.78, 5) is 103. The lowest BCUT2D eigenvalue weighted by molar-refractivity contribution is 0.237. The van der Waals surface area contributed by atoms with E-state index < -0.39 is 43.5 Å². The van der Waals surface area contributed by atoms with Crippen molar-refractivity contribution in [2.24, 2.45) is 0 Å². The minimum Gasteiger partial charge on any atom is -0.411 e. The molecule has 0 aromatic heterocycles. The molecule has 13 nitrogen and oxygen atoms in total. The van der Waals surface area contributed by atoms with Gasteiger partial charge in [-0.05, 0) is 26.2 Å². The van der Waals surface area contributed by atoms with Gasteiger partial charge in [0, 0.05) is 19.6 Å². The standard InChI is InChI=1S/2C2H8O2Si.3CH6O3Si/c5*1-5(2,3)4/h2*3-4H,1-2H3;3*2-4H,1H3. The third kappa shape index (κ3) is 39300. The molecule has 0 aromatic rings. The minimum absolute atomic E-state index is 0.993. The van der Waals surface area contributed by atoms with Crippen LogP contribution in [0, 0.1) is 0 Å². The summed E-state index contributed by atoms with van der Waals surface area (Å²) >= 11 is 0. The Bertz CT molecular complexity index is 184. The van der Waals surface area contributed by atoms with Crippen LogP contribution < -0.4 is 0 Å². The third-order valence-electron chi connectivity index (χ3n) is 0. The van der Waals surface area contributed by atoms with E-state index in [0.29, 0.717) is 0 Å². The van der Waals surface area contributed by atoms with Gasteiger partial charge in [-0.2, -0.15) is 0 Å². The van der Waals surface area contributed by atoms with Crippen LogP contribution in [0.2, 0.25) is 45.8 Å². The lowest BCUT2D eigenvalue weighted by atomic mass is 11.9. The van der Waals surface area contributed by atoms with Gasteiger partial charge in [0.05, 0.1) is 0 Å². The molecule has 0 atom stereocenters. The molecule has 13 N–H and O–H groups in total. The highest BCUT2D eigenvalue weighted by Gasteiger charge is 2.15. The second-order valence-electron chi connectivity index (χ2n) is 5.90. The predicted octanol–water partition coefficient (Wildman–Crippen LogP) is -5.06. The fraction of sp³-hybridized carbons (Fsp3) is 1.00. The smallest absolute Gasteiger partial charge is 0.411 e. The van der Waals surface area contributed by atoms with E-state index in [4.69, 9.17) is 62.3 Å². The molecule has 25 heavy (non-hydrogen) atoms. The SMILES string of the molecule is C[Si](C)(O)O.C[Si](C)(O)O.C[Si](O)(O)O.C[Si](O)(O)O.C[Si](O)(O)O. The van der Waals surface area contributed by atoms with Crippen LogP contribution in [-0.4, -0.2) is 106 Å². The molecule has 0 aliphatic rings. The molecule has 0 rings (SSSR count). The minimum atomic E-state index is -3.61. The molecule has 18 heteroatoms. The Hall–Kier alpha value is 0.564. The van der Waals surface area contributed by atoms with Gasteiger partial charge in [0.1, 0.15) is 0 Å². The van der Waals surface area contributed by atoms with Gasteiger partial charge in [0.25, 0.3) is 0 Å². The Labute approximate surface area is 152 Å². The molecule has 160 valence electrons. The molecule has 0 radical (unpaired) electrons. The number of rotatable bonds is 0. The van der Waals surface area contributed by atoms with Crippen LogP contribution in [0.3, 0.4) is 0 Å². The first kappa shape index (κ1) is 36.5. The summed E-state index contributed by atoms with van der Waals surface area (Å²) in [5.41, 5.74) is 0. The van der Waals surface area contributed by atoms with Crippen LogP contribution in [0.15, 0.2) is 0 Å². The van der Waals surface area contributed by atoms with E-state index in [-0.39, 0.29) is 0 Å². The van der Waals surface area contributed by atoms with Gasteiger partial charge in [-0.15, -0.1) is 0 Å². The zero-order chi connectivity index (χ0) is 22.5. The van der Waals surface area contributed by atoms with Gasteiger partial charge < -0.3 is 62.3 Å². The third-order valence-corrected chi connectivity index (χ3v) is 0. The van der Waals surface area contributed by atoms with E-state index in [1.807, 2.05) is 0 Å². The maximum Gasteiger partial charge on any atom is 0.489 e. The molecule has 0 unspecified atom stereocenters. The molecule has 0 heterocycles. The lowest BCUT2D eigenvalue weighted by Gasteiger charge is -1.97. The van der Waals surface area contributed by atoms with Crippen molar-refractivity contribution in [2.75, 3.05) is 0 Å². The molecule has 0 amide bonds. The van der Waals surface area contributed by atoms with Crippen molar-refractivity contribution in [3.63, 3.8) is 0 Å². The van der Waals surface area contributed by atoms with Crippen LogP contribution in [0.4, 0.5) is 0 Å². The van der Waals surface area contributed by atoms with Gasteiger partial charge in [-0.25, -0.2) is 0 Å². The van der Waals surface area contributed by atoms with Crippen LogP contribution in [0.25, 0.3) is 0 Å². The summed E-state index contributed by atoms with van der Waals surface area (Å²) < 4.78 is 0. The van der Waals surface area contributed by atoms with Crippen LogP contribution in [0.1, 0.15) is 0 Å². The second-order valence-corrected chi connectivity index (χ2v) is 17.7. The van der Waals surface area contributed by atoms with Gasteiger partial charge in [-0.1, -0.05) is 0 Å². The van der Waals surface area contributed by atoms with Crippen LogP contribution in [0.5, 0.6) is 0 Å². The van der Waals surface area contributed by atoms with E-state index in [1.165, 1.54) is 26.2 Å². The molecule has 0 aliphatic heterocycles. The first-order valence-electron chi connectivity index (χ1n) is 6.41. The molecule has 0 fully saturated rings. The number of hydrogen-bond acceptors (Lipinski definition) is 13. The zero-order valence-corrected chi connectivity index (χ0v) is 20.3. The zero-order valence-electron chi connectivity index (χ0n) is 15.3. The van der Waals surface area contributed by atoms with Gasteiger partial charge >= 0.3 is 43.5 Å². The van der Waals surface area contributed by atoms with Crippen molar-refractivity contribution in [3.05, 3.63) is 0 Å². The molecule has 0 aliphatic carbocycles. The lowest BCUT2D eigenvalue weighted by Crippen LogP contribution is -2.28. The Balaban J connectivity index is -0.0000000667. The average molecular weight is 467 g/mol. The second kappa shape index (κ2) is 14.6. The monoisotopic (exact) mass is 466 g/mol. The van der Waals surface area contributed by atoms with E-state index in [0.717, 1.165) is 19.6 Å². The fourth-order valence-electron chi connectivity index (χ4n) is 0. The highest BCUT2D eigenvalue weighted by molar-refractivity contribution is 6.61. The molecule has 0 aromatic carbocycles. The molecular weight excluding hydrogens is 432 g/mol. The van der Waals surface area contributed by atoms with Gasteiger partial charge in [0.2, 0.25) is 0 Å². The predicted molar refractivity (Wildman–Crippen MR) is 98.7 cm³/mol. The maximum absolute atomic E-state index is 8.22. The first-order valence-corrected chi connectivity index (χ1v) is 19.2. The summed E-state index contributed by atoms with van der Waals surface area (Å²) in [6.07, 6.45) is 0. The Morgan fingerprint density at radius 2 is 0.280 bits per heavy atom. The Kier molecular flexibility index (Phi) is 21.3. The average Bonchev–Trinajstić information content (AvgIpc) is 1.79. The van der Waals surface area contributed by atoms with Crippen molar-refractivity contribution >= 4 is 43.5 Å². The van der Waals surface area contributed by atoms with Crippen LogP contribution >= 0.6 is 0 Å². The molecule has 0 spiro atoms. The van der Waals surface area contributed by atoms with Crippen molar-refractivity contribution in [2.45, 2.75) is 45.8 Å². The van der Waals surface area contributed by atoms with E-state index in [2.05, 4.69) is 0 Å².